The van der Waals surface area contributed by atoms with Crippen molar-refractivity contribution in [2.75, 3.05) is 6.54 Å². The Bertz CT molecular complexity index is 436. The van der Waals surface area contributed by atoms with E-state index in [4.69, 9.17) is 4.74 Å². The van der Waals surface area contributed by atoms with Crippen LogP contribution in [0.5, 0.6) is 0 Å². The van der Waals surface area contributed by atoms with Crippen molar-refractivity contribution in [2.24, 2.45) is 5.92 Å². The number of nitrogens with zero attached hydrogens (tertiary/aromatic N) is 1. The summed E-state index contributed by atoms with van der Waals surface area (Å²) in [7, 11) is 0. The molecule has 1 aliphatic rings. The molecule has 0 saturated carbocycles. The second-order valence-electron chi connectivity index (χ2n) is 6.83. The van der Waals surface area contributed by atoms with E-state index >= 15 is 0 Å². The third kappa shape index (κ3) is 6.19. The molecule has 3 heteroatoms. The lowest BCUT2D eigenvalue weighted by atomic mass is 10.1. The largest absolute Gasteiger partial charge is 0.444 e. The molecule has 1 aromatic rings. The minimum atomic E-state index is -0.386. The summed E-state index contributed by atoms with van der Waals surface area (Å²) in [4.78, 5) is 13.5. The molecule has 2 unspecified atom stereocenters. The molecule has 0 bridgehead atoms. The van der Waals surface area contributed by atoms with Gasteiger partial charge in [-0.25, -0.2) is 4.79 Å². The fraction of sp³-hybridized carbons (Fsp3) is 0.611. The number of hydrogen-bond acceptors (Lipinski definition) is 2. The highest BCUT2D eigenvalue weighted by Crippen LogP contribution is 2.25. The zero-order valence-corrected chi connectivity index (χ0v) is 14.2. The molecule has 0 aromatic heterocycles. The Hall–Kier alpha value is -1.51. The van der Waals surface area contributed by atoms with E-state index in [9.17, 15) is 4.79 Å². The molecule has 0 spiro atoms. The van der Waals surface area contributed by atoms with Crippen molar-refractivity contribution in [1.29, 1.82) is 0 Å². The molecule has 2 rings (SSSR count). The predicted molar refractivity (Wildman–Crippen MR) is 87.4 cm³/mol. The number of rotatable bonds is 0. The lowest BCUT2D eigenvalue weighted by molar-refractivity contribution is 0.0225. The van der Waals surface area contributed by atoms with E-state index < -0.39 is 0 Å². The lowest BCUT2D eigenvalue weighted by Gasteiger charge is -2.27. The van der Waals surface area contributed by atoms with Crippen molar-refractivity contribution < 1.29 is 9.53 Å². The van der Waals surface area contributed by atoms with Crippen LogP contribution in [0.3, 0.4) is 0 Å². The zero-order chi connectivity index (χ0) is 16.0. The molecule has 21 heavy (non-hydrogen) atoms. The van der Waals surface area contributed by atoms with E-state index in [1.807, 2.05) is 43.9 Å². The monoisotopic (exact) mass is 291 g/mol. The number of hydrogen-bond donors (Lipinski definition) is 0. The fourth-order valence-electron chi connectivity index (χ4n) is 2.21. The van der Waals surface area contributed by atoms with Gasteiger partial charge < -0.3 is 9.64 Å². The van der Waals surface area contributed by atoms with E-state index in [0.717, 1.165) is 13.0 Å². The maximum Gasteiger partial charge on any atom is 0.410 e. The Morgan fingerprint density at radius 1 is 1.19 bits per heavy atom. The van der Waals surface area contributed by atoms with Gasteiger partial charge in [-0.1, -0.05) is 42.8 Å². The van der Waals surface area contributed by atoms with Crippen LogP contribution in [0.4, 0.5) is 4.79 Å². The van der Waals surface area contributed by atoms with Crippen molar-refractivity contribution in [2.45, 2.75) is 59.6 Å². The first-order chi connectivity index (χ1) is 9.70. The molecule has 0 aliphatic carbocycles. The Balaban J connectivity index is 0.000000262. The molecule has 1 saturated heterocycles. The summed E-state index contributed by atoms with van der Waals surface area (Å²) in [6.45, 7) is 12.9. The summed E-state index contributed by atoms with van der Waals surface area (Å²) in [5.41, 5.74) is 0.935. The first kappa shape index (κ1) is 17.5. The van der Waals surface area contributed by atoms with E-state index in [2.05, 4.69) is 32.9 Å². The van der Waals surface area contributed by atoms with Gasteiger partial charge in [0.25, 0.3) is 0 Å². The van der Waals surface area contributed by atoms with E-state index in [1.54, 1.807) is 0 Å². The number of carbonyl (C=O) groups excluding carboxylic acids is 1. The summed E-state index contributed by atoms with van der Waals surface area (Å²) < 4.78 is 5.33. The average Bonchev–Trinajstić information content (AvgIpc) is 2.70. The number of amides is 1. The van der Waals surface area contributed by atoms with Crippen LogP contribution in [-0.4, -0.2) is 29.2 Å². The molecule has 0 radical (unpaired) electrons. The van der Waals surface area contributed by atoms with Gasteiger partial charge in [-0.2, -0.15) is 0 Å². The van der Waals surface area contributed by atoms with E-state index in [-0.39, 0.29) is 11.7 Å². The number of likely N-dealkylation sites (tertiary alicyclic amines) is 1. The van der Waals surface area contributed by atoms with Crippen LogP contribution in [0.15, 0.2) is 30.3 Å². The molecule has 118 valence electrons. The van der Waals surface area contributed by atoms with Crippen LogP contribution in [0.1, 0.15) is 46.6 Å². The number of carbonyl (C=O) groups is 1. The maximum absolute atomic E-state index is 11.7. The molecule has 1 heterocycles. The Kier molecular flexibility index (Phi) is 6.25. The van der Waals surface area contributed by atoms with Gasteiger partial charge in [0.2, 0.25) is 0 Å². The second-order valence-corrected chi connectivity index (χ2v) is 6.83. The summed E-state index contributed by atoms with van der Waals surface area (Å²) in [6, 6.07) is 10.6. The van der Waals surface area contributed by atoms with Crippen molar-refractivity contribution >= 4 is 6.09 Å². The van der Waals surface area contributed by atoms with Gasteiger partial charge in [0.15, 0.2) is 0 Å². The van der Waals surface area contributed by atoms with Gasteiger partial charge in [-0.3, -0.25) is 0 Å². The average molecular weight is 291 g/mol. The minimum Gasteiger partial charge on any atom is -0.444 e. The van der Waals surface area contributed by atoms with Crippen LogP contribution in [0.25, 0.3) is 0 Å². The van der Waals surface area contributed by atoms with Crippen molar-refractivity contribution in [3.05, 3.63) is 35.9 Å². The van der Waals surface area contributed by atoms with Crippen LogP contribution >= 0.6 is 0 Å². The molecular formula is C18H29NO2. The number of ether oxygens (including phenoxy) is 1. The third-order valence-corrected chi connectivity index (χ3v) is 3.71. The maximum atomic E-state index is 11.7. The minimum absolute atomic E-state index is 0.172. The van der Waals surface area contributed by atoms with Crippen molar-refractivity contribution in [3.8, 4) is 0 Å². The van der Waals surface area contributed by atoms with Gasteiger partial charge in [0, 0.05) is 12.6 Å². The van der Waals surface area contributed by atoms with Crippen LogP contribution in [-0.2, 0) is 4.74 Å². The van der Waals surface area contributed by atoms with Gasteiger partial charge in [0.1, 0.15) is 5.60 Å². The Morgan fingerprint density at radius 3 is 2.10 bits per heavy atom. The van der Waals surface area contributed by atoms with E-state index in [0.29, 0.717) is 12.0 Å². The molecular weight excluding hydrogens is 262 g/mol. The second kappa shape index (κ2) is 7.48. The quantitative estimate of drug-likeness (QED) is 0.696. The van der Waals surface area contributed by atoms with Crippen LogP contribution in [0.2, 0.25) is 0 Å². The van der Waals surface area contributed by atoms with Crippen LogP contribution < -0.4 is 0 Å². The molecule has 1 fully saturated rings. The van der Waals surface area contributed by atoms with Crippen LogP contribution in [0, 0.1) is 12.8 Å². The normalized spacial score (nSPS) is 21.5. The number of benzene rings is 1. The molecule has 1 amide bonds. The van der Waals surface area contributed by atoms with Gasteiger partial charge in [-0.05, 0) is 47.0 Å². The number of aryl methyl sites for hydroxylation is 1. The predicted octanol–water partition coefficient (Wildman–Crippen LogP) is 4.65. The standard InChI is InChI=1S/C11H21NO2.C7H8/c1-8-6-7-12(9(8)2)10(13)14-11(3,4)5;1-7-5-3-2-4-6-7/h8-9H,6-7H2,1-5H3;2-6H,1H3. The van der Waals surface area contributed by atoms with Crippen molar-refractivity contribution in [1.82, 2.24) is 4.90 Å². The lowest BCUT2D eigenvalue weighted by Crippen LogP contribution is -2.39. The van der Waals surface area contributed by atoms with Gasteiger partial charge >= 0.3 is 6.09 Å². The van der Waals surface area contributed by atoms with Crippen molar-refractivity contribution in [3.63, 3.8) is 0 Å². The third-order valence-electron chi connectivity index (χ3n) is 3.71. The molecule has 1 aromatic carbocycles. The first-order valence-electron chi connectivity index (χ1n) is 7.72. The topological polar surface area (TPSA) is 29.5 Å². The zero-order valence-electron chi connectivity index (χ0n) is 14.2. The van der Waals surface area contributed by atoms with E-state index in [1.165, 1.54) is 5.56 Å². The Morgan fingerprint density at radius 2 is 1.76 bits per heavy atom. The van der Waals surface area contributed by atoms with Gasteiger partial charge in [0.05, 0.1) is 0 Å². The molecule has 0 N–H and O–H groups in total. The highest BCUT2D eigenvalue weighted by atomic mass is 16.6. The highest BCUT2D eigenvalue weighted by molar-refractivity contribution is 5.68. The fourth-order valence-corrected chi connectivity index (χ4v) is 2.21. The highest BCUT2D eigenvalue weighted by Gasteiger charge is 2.33. The van der Waals surface area contributed by atoms with Gasteiger partial charge in [-0.15, -0.1) is 0 Å². The summed E-state index contributed by atoms with van der Waals surface area (Å²) >= 11 is 0. The summed E-state index contributed by atoms with van der Waals surface area (Å²) in [5.74, 6) is 0.586. The summed E-state index contributed by atoms with van der Waals surface area (Å²) in [6.07, 6.45) is 0.912. The summed E-state index contributed by atoms with van der Waals surface area (Å²) in [5, 5.41) is 0. The molecule has 1 aliphatic heterocycles. The SMILES string of the molecule is CC1CCN(C(=O)OC(C)(C)C)C1C.Cc1ccccc1. The first-order valence-corrected chi connectivity index (χ1v) is 7.72. The molecule has 2 atom stereocenters. The smallest absolute Gasteiger partial charge is 0.410 e. The molecule has 3 nitrogen and oxygen atoms in total. The Labute approximate surface area is 129 Å².